The SMILES string of the molecule is CN1CCCC2(CCCN(c3ccc(C(N)=O)c4[nH]c5ccccc5c34)C2)C1=O. The second-order valence-corrected chi connectivity index (χ2v) is 8.55. The largest absolute Gasteiger partial charge is 0.370 e. The van der Waals surface area contributed by atoms with Crippen LogP contribution in [-0.4, -0.2) is 48.4 Å². The minimum absolute atomic E-state index is 0.275. The quantitative estimate of drug-likeness (QED) is 0.705. The van der Waals surface area contributed by atoms with E-state index in [-0.39, 0.29) is 11.3 Å². The highest BCUT2D eigenvalue weighted by atomic mass is 16.2. The summed E-state index contributed by atoms with van der Waals surface area (Å²) in [5.74, 6) is -0.162. The minimum atomic E-state index is -0.438. The van der Waals surface area contributed by atoms with E-state index in [1.54, 1.807) is 0 Å². The van der Waals surface area contributed by atoms with Gasteiger partial charge in [0.05, 0.1) is 16.5 Å². The molecule has 0 aliphatic carbocycles. The van der Waals surface area contributed by atoms with E-state index in [4.69, 9.17) is 5.73 Å². The summed E-state index contributed by atoms with van der Waals surface area (Å²) in [6.07, 6.45) is 3.94. The van der Waals surface area contributed by atoms with E-state index < -0.39 is 5.91 Å². The van der Waals surface area contributed by atoms with Gasteiger partial charge in [0.15, 0.2) is 0 Å². The first-order chi connectivity index (χ1) is 14.0. The standard InChI is InChI=1S/C23H26N4O2/c1-26-12-4-10-23(22(26)29)11-5-13-27(14-23)18-9-8-16(21(24)28)20-19(18)15-6-2-3-7-17(15)25-20/h2-3,6-9,25H,4-5,10-14H2,1H3,(H2,24,28). The number of aromatic nitrogens is 1. The highest BCUT2D eigenvalue weighted by Gasteiger charge is 2.45. The monoisotopic (exact) mass is 390 g/mol. The minimum Gasteiger partial charge on any atom is -0.370 e. The van der Waals surface area contributed by atoms with Crippen molar-refractivity contribution in [1.29, 1.82) is 0 Å². The molecule has 2 fully saturated rings. The summed E-state index contributed by atoms with van der Waals surface area (Å²) in [6, 6.07) is 11.9. The summed E-state index contributed by atoms with van der Waals surface area (Å²) in [7, 11) is 1.92. The van der Waals surface area contributed by atoms with Crippen molar-refractivity contribution in [3.8, 4) is 0 Å². The summed E-state index contributed by atoms with van der Waals surface area (Å²) in [5.41, 5.74) is 8.69. The number of H-pyrrole nitrogens is 1. The highest BCUT2D eigenvalue weighted by molar-refractivity contribution is 6.19. The number of aromatic amines is 1. The molecule has 2 aliphatic rings. The molecule has 6 nitrogen and oxygen atoms in total. The zero-order valence-corrected chi connectivity index (χ0v) is 16.7. The Hall–Kier alpha value is -3.02. The zero-order valence-electron chi connectivity index (χ0n) is 16.7. The van der Waals surface area contributed by atoms with Crippen molar-refractivity contribution in [3.05, 3.63) is 42.0 Å². The lowest BCUT2D eigenvalue weighted by Gasteiger charge is -2.47. The van der Waals surface area contributed by atoms with Gasteiger partial charge in [-0.25, -0.2) is 0 Å². The average Bonchev–Trinajstić information content (AvgIpc) is 3.11. The van der Waals surface area contributed by atoms with E-state index in [0.29, 0.717) is 5.56 Å². The zero-order chi connectivity index (χ0) is 20.2. The van der Waals surface area contributed by atoms with Crippen LogP contribution in [-0.2, 0) is 4.79 Å². The number of para-hydroxylation sites is 1. The van der Waals surface area contributed by atoms with E-state index in [2.05, 4.69) is 16.0 Å². The van der Waals surface area contributed by atoms with Gasteiger partial charge in [0, 0.05) is 48.7 Å². The molecule has 1 spiro atoms. The van der Waals surface area contributed by atoms with Crippen molar-refractivity contribution in [2.24, 2.45) is 11.1 Å². The first-order valence-electron chi connectivity index (χ1n) is 10.3. The molecule has 29 heavy (non-hydrogen) atoms. The number of nitrogens with two attached hydrogens (primary N) is 1. The number of primary amides is 1. The number of fused-ring (bicyclic) bond motifs is 3. The van der Waals surface area contributed by atoms with Gasteiger partial charge in [-0.1, -0.05) is 18.2 Å². The molecule has 1 atom stereocenters. The van der Waals surface area contributed by atoms with Crippen molar-refractivity contribution >= 4 is 39.3 Å². The second-order valence-electron chi connectivity index (χ2n) is 8.55. The fraction of sp³-hybridized carbons (Fsp3) is 0.391. The van der Waals surface area contributed by atoms with Crippen molar-refractivity contribution < 1.29 is 9.59 Å². The van der Waals surface area contributed by atoms with Crippen LogP contribution in [0.5, 0.6) is 0 Å². The maximum atomic E-state index is 13.1. The Bertz CT molecular complexity index is 1130. The van der Waals surface area contributed by atoms with Crippen LogP contribution in [0.3, 0.4) is 0 Å². The predicted molar refractivity (Wildman–Crippen MR) is 115 cm³/mol. The molecule has 2 aromatic carbocycles. The highest BCUT2D eigenvalue weighted by Crippen LogP contribution is 2.43. The van der Waals surface area contributed by atoms with Crippen molar-refractivity contribution in [2.45, 2.75) is 25.7 Å². The molecule has 3 N–H and O–H groups in total. The van der Waals surface area contributed by atoms with Crippen LogP contribution >= 0.6 is 0 Å². The molecule has 3 heterocycles. The maximum absolute atomic E-state index is 13.1. The van der Waals surface area contributed by atoms with Crippen LogP contribution in [0.25, 0.3) is 21.8 Å². The van der Waals surface area contributed by atoms with Gasteiger partial charge in [0.2, 0.25) is 5.91 Å². The van der Waals surface area contributed by atoms with Crippen LogP contribution in [0.15, 0.2) is 36.4 Å². The van der Waals surface area contributed by atoms with Gasteiger partial charge in [-0.2, -0.15) is 0 Å². The summed E-state index contributed by atoms with van der Waals surface area (Å²) in [4.78, 5) is 32.7. The number of carbonyl (C=O) groups is 2. The number of anilines is 1. The molecule has 0 saturated carbocycles. The van der Waals surface area contributed by atoms with Gasteiger partial charge >= 0.3 is 0 Å². The number of piperidine rings is 2. The molecule has 1 aromatic heterocycles. The Labute approximate surface area is 169 Å². The van der Waals surface area contributed by atoms with Gasteiger partial charge in [0.1, 0.15) is 0 Å². The molecular formula is C23H26N4O2. The number of benzene rings is 2. The van der Waals surface area contributed by atoms with Crippen molar-refractivity contribution in [2.75, 3.05) is 31.6 Å². The second kappa shape index (κ2) is 6.51. The fourth-order valence-electron chi connectivity index (χ4n) is 5.39. The Morgan fingerprint density at radius 2 is 1.86 bits per heavy atom. The Morgan fingerprint density at radius 3 is 2.66 bits per heavy atom. The molecular weight excluding hydrogens is 364 g/mol. The normalized spacial score (nSPS) is 22.7. The van der Waals surface area contributed by atoms with E-state index in [0.717, 1.165) is 72.8 Å². The number of carbonyl (C=O) groups excluding carboxylic acids is 2. The molecule has 150 valence electrons. The number of rotatable bonds is 2. The number of amides is 2. The van der Waals surface area contributed by atoms with Gasteiger partial charge < -0.3 is 20.5 Å². The molecule has 0 bridgehead atoms. The number of hydrogen-bond donors (Lipinski definition) is 2. The number of nitrogens with one attached hydrogen (secondary N) is 1. The fourth-order valence-corrected chi connectivity index (χ4v) is 5.39. The summed E-state index contributed by atoms with van der Waals surface area (Å²) >= 11 is 0. The van der Waals surface area contributed by atoms with Gasteiger partial charge in [0.25, 0.3) is 5.91 Å². The van der Waals surface area contributed by atoms with Crippen molar-refractivity contribution in [3.63, 3.8) is 0 Å². The van der Waals surface area contributed by atoms with Crippen molar-refractivity contribution in [1.82, 2.24) is 9.88 Å². The molecule has 2 aliphatic heterocycles. The van der Waals surface area contributed by atoms with Gasteiger partial charge in [-0.3, -0.25) is 9.59 Å². The molecule has 2 saturated heterocycles. The van der Waals surface area contributed by atoms with Crippen LogP contribution in [0.2, 0.25) is 0 Å². The summed E-state index contributed by atoms with van der Waals surface area (Å²) in [6.45, 7) is 2.48. The average molecular weight is 390 g/mol. The van der Waals surface area contributed by atoms with Crippen LogP contribution in [0, 0.1) is 5.41 Å². The smallest absolute Gasteiger partial charge is 0.250 e. The molecule has 5 rings (SSSR count). The lowest BCUT2D eigenvalue weighted by atomic mass is 9.73. The Kier molecular flexibility index (Phi) is 4.05. The van der Waals surface area contributed by atoms with Gasteiger partial charge in [-0.15, -0.1) is 0 Å². The van der Waals surface area contributed by atoms with E-state index in [1.807, 2.05) is 42.3 Å². The molecule has 1 unspecified atom stereocenters. The number of likely N-dealkylation sites (tertiary alicyclic amines) is 1. The van der Waals surface area contributed by atoms with Crippen LogP contribution < -0.4 is 10.6 Å². The van der Waals surface area contributed by atoms with Crippen LogP contribution in [0.4, 0.5) is 5.69 Å². The maximum Gasteiger partial charge on any atom is 0.250 e. The first-order valence-corrected chi connectivity index (χ1v) is 10.3. The first kappa shape index (κ1) is 18.0. The van der Waals surface area contributed by atoms with E-state index in [9.17, 15) is 9.59 Å². The lowest BCUT2D eigenvalue weighted by molar-refractivity contribution is -0.145. The number of hydrogen-bond acceptors (Lipinski definition) is 3. The molecule has 3 aromatic rings. The lowest BCUT2D eigenvalue weighted by Crippen LogP contribution is -2.55. The third-order valence-electron chi connectivity index (χ3n) is 6.77. The third-order valence-corrected chi connectivity index (χ3v) is 6.77. The van der Waals surface area contributed by atoms with E-state index >= 15 is 0 Å². The third kappa shape index (κ3) is 2.69. The molecule has 0 radical (unpaired) electrons. The molecule has 6 heteroatoms. The van der Waals surface area contributed by atoms with Crippen LogP contribution in [0.1, 0.15) is 36.0 Å². The summed E-state index contributed by atoms with van der Waals surface area (Å²) < 4.78 is 0. The Balaban J connectivity index is 1.66. The summed E-state index contributed by atoms with van der Waals surface area (Å²) in [5, 5.41) is 2.10. The number of nitrogens with zero attached hydrogens (tertiary/aromatic N) is 2. The van der Waals surface area contributed by atoms with E-state index in [1.165, 1.54) is 0 Å². The molecule has 2 amide bonds. The van der Waals surface area contributed by atoms with Gasteiger partial charge in [-0.05, 0) is 43.9 Å². The Morgan fingerprint density at radius 1 is 1.10 bits per heavy atom. The topological polar surface area (TPSA) is 82.4 Å². The predicted octanol–water partition coefficient (Wildman–Crippen LogP) is 3.26.